The van der Waals surface area contributed by atoms with Crippen molar-refractivity contribution in [3.8, 4) is 5.75 Å². The molecule has 1 aromatic rings. The van der Waals surface area contributed by atoms with E-state index < -0.39 is 24.5 Å². The van der Waals surface area contributed by atoms with Gasteiger partial charge in [0.15, 0.2) is 6.61 Å². The SMILES string of the molecule is CCOc1ccccc1CCC(=O)OCC(=O)NC(N)=O. The summed E-state index contributed by atoms with van der Waals surface area (Å²) in [5.41, 5.74) is 5.64. The van der Waals surface area contributed by atoms with Gasteiger partial charge in [0.25, 0.3) is 5.91 Å². The fraction of sp³-hybridized carbons (Fsp3) is 0.357. The maximum absolute atomic E-state index is 11.5. The number of benzene rings is 1. The van der Waals surface area contributed by atoms with Crippen molar-refractivity contribution >= 4 is 17.9 Å². The van der Waals surface area contributed by atoms with Crippen LogP contribution in [-0.4, -0.2) is 31.1 Å². The van der Waals surface area contributed by atoms with E-state index in [-0.39, 0.29) is 6.42 Å². The molecular weight excluding hydrogens is 276 g/mol. The number of esters is 1. The second-order valence-electron chi connectivity index (χ2n) is 4.11. The third-order valence-corrected chi connectivity index (χ3v) is 2.50. The number of primary amides is 1. The van der Waals surface area contributed by atoms with Crippen molar-refractivity contribution in [3.05, 3.63) is 29.8 Å². The van der Waals surface area contributed by atoms with Crippen molar-refractivity contribution < 1.29 is 23.9 Å². The van der Waals surface area contributed by atoms with Crippen molar-refractivity contribution in [2.45, 2.75) is 19.8 Å². The third kappa shape index (κ3) is 6.42. The molecule has 3 N–H and O–H groups in total. The van der Waals surface area contributed by atoms with Crippen LogP contribution in [0.25, 0.3) is 0 Å². The van der Waals surface area contributed by atoms with E-state index in [2.05, 4.69) is 0 Å². The van der Waals surface area contributed by atoms with Crippen molar-refractivity contribution in [1.29, 1.82) is 0 Å². The van der Waals surface area contributed by atoms with Crippen LogP contribution in [0.15, 0.2) is 24.3 Å². The predicted octanol–water partition coefficient (Wildman–Crippen LogP) is 0.756. The van der Waals surface area contributed by atoms with Crippen molar-refractivity contribution in [2.24, 2.45) is 5.73 Å². The summed E-state index contributed by atoms with van der Waals surface area (Å²) < 4.78 is 10.2. The lowest BCUT2D eigenvalue weighted by atomic mass is 10.1. The summed E-state index contributed by atoms with van der Waals surface area (Å²) in [5, 5.41) is 1.80. The molecule has 1 aromatic carbocycles. The van der Waals surface area contributed by atoms with E-state index in [4.69, 9.17) is 15.2 Å². The zero-order valence-corrected chi connectivity index (χ0v) is 11.8. The number of rotatable bonds is 7. The highest BCUT2D eigenvalue weighted by Gasteiger charge is 2.10. The Hall–Kier alpha value is -2.57. The number of ether oxygens (including phenoxy) is 2. The number of amides is 3. The zero-order valence-electron chi connectivity index (χ0n) is 11.8. The molecule has 0 bridgehead atoms. The number of imide groups is 1. The third-order valence-electron chi connectivity index (χ3n) is 2.50. The molecule has 0 spiro atoms. The minimum absolute atomic E-state index is 0.105. The maximum atomic E-state index is 11.5. The van der Waals surface area contributed by atoms with Gasteiger partial charge in [-0.05, 0) is 25.0 Å². The molecule has 0 fully saturated rings. The first kappa shape index (κ1) is 16.5. The van der Waals surface area contributed by atoms with Gasteiger partial charge in [0, 0.05) is 6.42 Å². The highest BCUT2D eigenvalue weighted by atomic mass is 16.5. The molecule has 0 saturated carbocycles. The van der Waals surface area contributed by atoms with E-state index in [0.29, 0.717) is 13.0 Å². The molecule has 1 rings (SSSR count). The van der Waals surface area contributed by atoms with Crippen LogP contribution in [0, 0.1) is 0 Å². The van der Waals surface area contributed by atoms with Gasteiger partial charge in [0.2, 0.25) is 0 Å². The average Bonchev–Trinajstić information content (AvgIpc) is 2.44. The summed E-state index contributed by atoms with van der Waals surface area (Å²) in [7, 11) is 0. The topological polar surface area (TPSA) is 108 Å². The summed E-state index contributed by atoms with van der Waals surface area (Å²) >= 11 is 0. The molecule has 0 atom stereocenters. The van der Waals surface area contributed by atoms with Gasteiger partial charge < -0.3 is 15.2 Å². The highest BCUT2D eigenvalue weighted by molar-refractivity contribution is 5.94. The lowest BCUT2D eigenvalue weighted by Crippen LogP contribution is -2.37. The first-order valence-electron chi connectivity index (χ1n) is 6.48. The van der Waals surface area contributed by atoms with Gasteiger partial charge in [-0.3, -0.25) is 14.9 Å². The quantitative estimate of drug-likeness (QED) is 0.722. The van der Waals surface area contributed by atoms with E-state index in [9.17, 15) is 14.4 Å². The standard InChI is InChI=1S/C14H18N2O5/c1-2-20-11-6-4-3-5-10(11)7-8-13(18)21-9-12(17)16-14(15)19/h3-6H,2,7-9H2,1H3,(H3,15,16,17,19). The van der Waals surface area contributed by atoms with E-state index in [1.807, 2.05) is 31.2 Å². The lowest BCUT2D eigenvalue weighted by Gasteiger charge is -2.09. The number of carbonyl (C=O) groups is 3. The maximum Gasteiger partial charge on any atom is 0.318 e. The molecular formula is C14H18N2O5. The first-order valence-corrected chi connectivity index (χ1v) is 6.48. The van der Waals surface area contributed by atoms with Crippen LogP contribution in [0.5, 0.6) is 5.75 Å². The van der Waals surface area contributed by atoms with Crippen LogP contribution in [0.3, 0.4) is 0 Å². The van der Waals surface area contributed by atoms with Crippen molar-refractivity contribution in [3.63, 3.8) is 0 Å². The molecule has 0 aromatic heterocycles. The van der Waals surface area contributed by atoms with E-state index in [0.717, 1.165) is 11.3 Å². The Labute approximate surface area is 122 Å². The summed E-state index contributed by atoms with van der Waals surface area (Å²) in [5.74, 6) is -0.578. The van der Waals surface area contributed by atoms with Crippen LogP contribution in [0.1, 0.15) is 18.9 Å². The average molecular weight is 294 g/mol. The van der Waals surface area contributed by atoms with Gasteiger partial charge in [0.1, 0.15) is 5.75 Å². The second-order valence-corrected chi connectivity index (χ2v) is 4.11. The molecule has 114 valence electrons. The van der Waals surface area contributed by atoms with Crippen molar-refractivity contribution in [2.75, 3.05) is 13.2 Å². The smallest absolute Gasteiger partial charge is 0.318 e. The van der Waals surface area contributed by atoms with Gasteiger partial charge in [0.05, 0.1) is 6.61 Å². The number of nitrogens with one attached hydrogen (secondary N) is 1. The van der Waals surface area contributed by atoms with Crippen molar-refractivity contribution in [1.82, 2.24) is 5.32 Å². The van der Waals surface area contributed by atoms with Gasteiger partial charge >= 0.3 is 12.0 Å². The highest BCUT2D eigenvalue weighted by Crippen LogP contribution is 2.19. The fourth-order valence-corrected chi connectivity index (χ4v) is 1.64. The number of urea groups is 1. The molecule has 0 heterocycles. The lowest BCUT2D eigenvalue weighted by molar-refractivity contribution is -0.148. The van der Waals surface area contributed by atoms with Crippen LogP contribution in [0.4, 0.5) is 4.79 Å². The van der Waals surface area contributed by atoms with Crippen LogP contribution in [-0.2, 0) is 20.7 Å². The van der Waals surface area contributed by atoms with E-state index >= 15 is 0 Å². The van der Waals surface area contributed by atoms with Gasteiger partial charge in [-0.25, -0.2) is 4.79 Å². The molecule has 3 amide bonds. The minimum Gasteiger partial charge on any atom is -0.494 e. The minimum atomic E-state index is -0.985. The van der Waals surface area contributed by atoms with Gasteiger partial charge in [-0.2, -0.15) is 0 Å². The molecule has 0 saturated heterocycles. The summed E-state index contributed by atoms with van der Waals surface area (Å²) in [4.78, 5) is 33.0. The van der Waals surface area contributed by atoms with Crippen LogP contribution >= 0.6 is 0 Å². The normalized spacial score (nSPS) is 9.76. The Kier molecular flexibility index (Phi) is 6.73. The zero-order chi connectivity index (χ0) is 15.7. The molecule has 0 aliphatic rings. The number of para-hydroxylation sites is 1. The fourth-order valence-electron chi connectivity index (χ4n) is 1.64. The molecule has 21 heavy (non-hydrogen) atoms. The number of carbonyl (C=O) groups excluding carboxylic acids is 3. The Morgan fingerprint density at radius 2 is 1.95 bits per heavy atom. The van der Waals surface area contributed by atoms with E-state index in [1.165, 1.54) is 0 Å². The number of nitrogens with two attached hydrogens (primary N) is 1. The molecule has 0 unspecified atom stereocenters. The summed E-state index contributed by atoms with van der Waals surface area (Å²) in [6, 6.07) is 6.40. The Bertz CT molecular complexity index is 516. The second kappa shape index (κ2) is 8.57. The summed E-state index contributed by atoms with van der Waals surface area (Å²) in [6.07, 6.45) is 0.542. The van der Waals surface area contributed by atoms with Crippen LogP contribution < -0.4 is 15.8 Å². The van der Waals surface area contributed by atoms with Gasteiger partial charge in [-0.1, -0.05) is 18.2 Å². The van der Waals surface area contributed by atoms with Crippen LogP contribution in [0.2, 0.25) is 0 Å². The first-order chi connectivity index (χ1) is 10.0. The molecule has 7 nitrogen and oxygen atoms in total. The molecule has 0 aliphatic heterocycles. The van der Waals surface area contributed by atoms with E-state index in [1.54, 1.807) is 5.32 Å². The Balaban J connectivity index is 2.39. The number of hydrogen-bond acceptors (Lipinski definition) is 5. The number of aryl methyl sites for hydroxylation is 1. The molecule has 0 radical (unpaired) electrons. The largest absolute Gasteiger partial charge is 0.494 e. The Morgan fingerprint density at radius 3 is 2.62 bits per heavy atom. The Morgan fingerprint density at radius 1 is 1.24 bits per heavy atom. The van der Waals surface area contributed by atoms with Gasteiger partial charge in [-0.15, -0.1) is 0 Å². The summed E-state index contributed by atoms with van der Waals surface area (Å²) in [6.45, 7) is 1.88. The predicted molar refractivity (Wildman–Crippen MR) is 74.6 cm³/mol. The number of hydrogen-bond donors (Lipinski definition) is 2. The molecule has 7 heteroatoms. The molecule has 0 aliphatic carbocycles. The monoisotopic (exact) mass is 294 g/mol.